The highest BCUT2D eigenvalue weighted by Gasteiger charge is 2.32. The fourth-order valence-corrected chi connectivity index (χ4v) is 5.32. The van der Waals surface area contributed by atoms with Crippen molar-refractivity contribution in [2.24, 2.45) is 5.92 Å². The van der Waals surface area contributed by atoms with Crippen molar-refractivity contribution in [1.82, 2.24) is 4.31 Å². The van der Waals surface area contributed by atoms with Crippen LogP contribution in [0.15, 0.2) is 30.3 Å². The molecule has 2 atom stereocenters. The molecule has 1 aromatic carbocycles. The summed E-state index contributed by atoms with van der Waals surface area (Å²) in [6.07, 6.45) is 3.08. The molecule has 0 radical (unpaired) electrons. The third-order valence-corrected chi connectivity index (χ3v) is 6.72. The number of hydrogen-bond donors (Lipinski definition) is 0. The summed E-state index contributed by atoms with van der Waals surface area (Å²) in [5, 5.41) is 0. The van der Waals surface area contributed by atoms with Crippen LogP contribution in [0.3, 0.4) is 0 Å². The summed E-state index contributed by atoms with van der Waals surface area (Å²) in [7, 11) is -3.13. The Labute approximate surface area is 126 Å². The summed E-state index contributed by atoms with van der Waals surface area (Å²) in [6.45, 7) is 3.38. The van der Waals surface area contributed by atoms with Crippen molar-refractivity contribution in [3.8, 4) is 0 Å². The van der Waals surface area contributed by atoms with E-state index in [0.29, 0.717) is 19.0 Å². The van der Waals surface area contributed by atoms with Crippen molar-refractivity contribution >= 4 is 21.8 Å². The molecule has 5 heteroatoms. The van der Waals surface area contributed by atoms with Crippen molar-refractivity contribution in [1.29, 1.82) is 0 Å². The largest absolute Gasteiger partial charge is 0.214 e. The lowest BCUT2D eigenvalue weighted by atomic mass is 10.0. The molecule has 1 aliphatic rings. The minimum atomic E-state index is -3.13. The van der Waals surface area contributed by atoms with Crippen LogP contribution >= 0.6 is 11.8 Å². The van der Waals surface area contributed by atoms with E-state index in [-0.39, 0.29) is 11.7 Å². The van der Waals surface area contributed by atoms with E-state index in [1.165, 1.54) is 0 Å². The Bertz CT molecular complexity index is 516. The highest BCUT2D eigenvalue weighted by molar-refractivity contribution is 7.98. The highest BCUT2D eigenvalue weighted by Crippen LogP contribution is 2.25. The fraction of sp³-hybridized carbons (Fsp3) is 0.600. The van der Waals surface area contributed by atoms with Gasteiger partial charge in [-0.2, -0.15) is 11.8 Å². The summed E-state index contributed by atoms with van der Waals surface area (Å²) in [5.41, 5.74) is 1.09. The van der Waals surface area contributed by atoms with Crippen LogP contribution in [0.5, 0.6) is 0 Å². The van der Waals surface area contributed by atoms with Crippen molar-refractivity contribution in [2.75, 3.05) is 30.9 Å². The highest BCUT2D eigenvalue weighted by atomic mass is 32.2. The third-order valence-electron chi connectivity index (χ3n) is 3.87. The molecule has 1 aliphatic heterocycles. The second-order valence-corrected chi connectivity index (χ2v) is 8.48. The van der Waals surface area contributed by atoms with Crippen LogP contribution in [0.1, 0.15) is 24.8 Å². The van der Waals surface area contributed by atoms with Gasteiger partial charge in [-0.1, -0.05) is 37.3 Å². The summed E-state index contributed by atoms with van der Waals surface area (Å²) in [6, 6.07) is 9.88. The van der Waals surface area contributed by atoms with E-state index in [1.54, 1.807) is 16.1 Å². The van der Waals surface area contributed by atoms with Gasteiger partial charge in [0.05, 0.1) is 5.75 Å². The average Bonchev–Trinajstić information content (AvgIpc) is 2.89. The van der Waals surface area contributed by atoms with Crippen molar-refractivity contribution in [3.05, 3.63) is 35.9 Å². The smallest absolute Gasteiger partial charge is 0.212 e. The first-order valence-corrected chi connectivity index (χ1v) is 10.0. The van der Waals surface area contributed by atoms with Gasteiger partial charge in [0.2, 0.25) is 10.0 Å². The summed E-state index contributed by atoms with van der Waals surface area (Å²) in [5.74, 6) is 1.83. The predicted octanol–water partition coefficient (Wildman–Crippen LogP) is 2.80. The zero-order valence-corrected chi connectivity index (χ0v) is 13.8. The van der Waals surface area contributed by atoms with Gasteiger partial charge < -0.3 is 0 Å². The fourth-order valence-electron chi connectivity index (χ4n) is 2.72. The van der Waals surface area contributed by atoms with Crippen molar-refractivity contribution in [2.45, 2.75) is 19.3 Å². The molecule has 1 fully saturated rings. The monoisotopic (exact) mass is 313 g/mol. The average molecular weight is 313 g/mol. The van der Waals surface area contributed by atoms with Crippen LogP contribution in [0.4, 0.5) is 0 Å². The van der Waals surface area contributed by atoms with Crippen LogP contribution in [-0.4, -0.2) is 43.6 Å². The number of sulfonamides is 1. The maximum atomic E-state index is 12.5. The van der Waals surface area contributed by atoms with E-state index in [4.69, 9.17) is 0 Å². The second-order valence-electron chi connectivity index (χ2n) is 5.56. The Balaban J connectivity index is 1.98. The standard InChI is InChI=1S/C15H23NO2S2/c1-13(15-6-4-3-5-7-15)12-20(17,18)16-9-8-14(10-16)11-19-2/h3-7,13-14H,8-12H2,1-2H3/t13-,14-/m0/s1. The molecule has 20 heavy (non-hydrogen) atoms. The number of rotatable bonds is 6. The zero-order valence-electron chi connectivity index (χ0n) is 12.2. The molecule has 3 nitrogen and oxygen atoms in total. The molecular weight excluding hydrogens is 290 g/mol. The Morgan fingerprint density at radius 3 is 2.70 bits per heavy atom. The molecular formula is C15H23NO2S2. The molecule has 1 heterocycles. The Hall–Kier alpha value is -0.520. The second kappa shape index (κ2) is 6.96. The maximum absolute atomic E-state index is 12.5. The van der Waals surface area contributed by atoms with Gasteiger partial charge in [-0.15, -0.1) is 0 Å². The van der Waals surface area contributed by atoms with E-state index in [2.05, 4.69) is 6.26 Å². The van der Waals surface area contributed by atoms with Gasteiger partial charge in [0, 0.05) is 13.1 Å². The van der Waals surface area contributed by atoms with Crippen molar-refractivity contribution in [3.63, 3.8) is 0 Å². The van der Waals surface area contributed by atoms with Gasteiger partial charge in [-0.05, 0) is 35.8 Å². The summed E-state index contributed by atoms with van der Waals surface area (Å²) >= 11 is 1.80. The molecule has 0 amide bonds. The Morgan fingerprint density at radius 1 is 1.35 bits per heavy atom. The molecule has 0 aliphatic carbocycles. The van der Waals surface area contributed by atoms with Gasteiger partial charge in [0.25, 0.3) is 0 Å². The zero-order chi connectivity index (χ0) is 14.6. The maximum Gasteiger partial charge on any atom is 0.214 e. The van der Waals surface area contributed by atoms with Crippen LogP contribution in [-0.2, 0) is 10.0 Å². The van der Waals surface area contributed by atoms with E-state index in [1.807, 2.05) is 37.3 Å². The first-order valence-electron chi connectivity index (χ1n) is 7.04. The van der Waals surface area contributed by atoms with Gasteiger partial charge in [-0.3, -0.25) is 0 Å². The first kappa shape index (κ1) is 15.9. The van der Waals surface area contributed by atoms with Crippen LogP contribution < -0.4 is 0 Å². The quantitative estimate of drug-likeness (QED) is 0.810. The van der Waals surface area contributed by atoms with Crippen LogP contribution in [0, 0.1) is 5.92 Å². The molecule has 0 spiro atoms. The van der Waals surface area contributed by atoms with Crippen LogP contribution in [0.2, 0.25) is 0 Å². The predicted molar refractivity (Wildman–Crippen MR) is 86.7 cm³/mol. The lowest BCUT2D eigenvalue weighted by molar-refractivity contribution is 0.462. The van der Waals surface area contributed by atoms with E-state index < -0.39 is 10.0 Å². The van der Waals surface area contributed by atoms with E-state index >= 15 is 0 Å². The first-order chi connectivity index (χ1) is 9.53. The lowest BCUT2D eigenvalue weighted by Crippen LogP contribution is -2.32. The molecule has 1 aromatic rings. The minimum Gasteiger partial charge on any atom is -0.212 e. The molecule has 0 bridgehead atoms. The lowest BCUT2D eigenvalue weighted by Gasteiger charge is -2.19. The van der Waals surface area contributed by atoms with E-state index in [9.17, 15) is 8.42 Å². The topological polar surface area (TPSA) is 37.4 Å². The number of hydrogen-bond acceptors (Lipinski definition) is 3. The SMILES string of the molecule is CSC[C@H]1CCN(S(=O)(=O)C[C@H](C)c2ccccc2)C1. The Morgan fingerprint density at radius 2 is 2.05 bits per heavy atom. The van der Waals surface area contributed by atoms with Gasteiger partial charge >= 0.3 is 0 Å². The number of nitrogens with zero attached hydrogens (tertiary/aromatic N) is 1. The summed E-state index contributed by atoms with van der Waals surface area (Å²) in [4.78, 5) is 0. The Kier molecular flexibility index (Phi) is 5.52. The summed E-state index contributed by atoms with van der Waals surface area (Å²) < 4.78 is 26.7. The van der Waals surface area contributed by atoms with Crippen molar-refractivity contribution < 1.29 is 8.42 Å². The van der Waals surface area contributed by atoms with Gasteiger partial charge in [0.15, 0.2) is 0 Å². The molecule has 0 aromatic heterocycles. The van der Waals surface area contributed by atoms with E-state index in [0.717, 1.165) is 17.7 Å². The number of thioether (sulfide) groups is 1. The number of benzene rings is 1. The van der Waals surface area contributed by atoms with Crippen LogP contribution in [0.25, 0.3) is 0 Å². The normalized spacial score (nSPS) is 22.0. The molecule has 112 valence electrons. The van der Waals surface area contributed by atoms with Gasteiger partial charge in [0.1, 0.15) is 0 Å². The minimum absolute atomic E-state index is 0.0424. The molecule has 0 unspecified atom stereocenters. The third kappa shape index (κ3) is 3.99. The van der Waals surface area contributed by atoms with Gasteiger partial charge in [-0.25, -0.2) is 12.7 Å². The molecule has 1 saturated heterocycles. The molecule has 0 N–H and O–H groups in total. The molecule has 2 rings (SSSR count). The molecule has 0 saturated carbocycles.